The van der Waals surface area contributed by atoms with Gasteiger partial charge in [-0.05, 0) is 54.8 Å². The zero-order valence-electron chi connectivity index (χ0n) is 25.0. The fraction of sp³-hybridized carbons (Fsp3) is 0.793. The molecule has 5 N–H and O–H groups in total. The van der Waals surface area contributed by atoms with Crippen LogP contribution in [-0.4, -0.2) is 78.2 Å². The molecule has 2 saturated carbocycles. The SMILES string of the molecule is CC(C)C1CC(C(=O)NC(CC2CCC2)C(=O)C(N)=O)N(C(=O)C(NC(=O)NCC(=O)OCC2CC2)C(C)(C)C)C1. The Labute approximate surface area is 242 Å². The number of amides is 5. The highest BCUT2D eigenvalue weighted by molar-refractivity contribution is 6.37. The lowest BCUT2D eigenvalue weighted by Crippen LogP contribution is -2.60. The Morgan fingerprint density at radius 2 is 1.63 bits per heavy atom. The lowest BCUT2D eigenvalue weighted by molar-refractivity contribution is -0.143. The summed E-state index contributed by atoms with van der Waals surface area (Å²) in [4.78, 5) is 77.9. The van der Waals surface area contributed by atoms with E-state index < -0.39 is 59.0 Å². The first-order valence-electron chi connectivity index (χ1n) is 14.8. The molecular weight excluding hydrogens is 530 g/mol. The van der Waals surface area contributed by atoms with Crippen molar-refractivity contribution in [1.82, 2.24) is 20.9 Å². The van der Waals surface area contributed by atoms with E-state index in [4.69, 9.17) is 10.5 Å². The molecule has 3 fully saturated rings. The molecular formula is C29H47N5O7. The number of hydrogen-bond acceptors (Lipinski definition) is 7. The van der Waals surface area contributed by atoms with E-state index in [1.165, 1.54) is 4.90 Å². The van der Waals surface area contributed by atoms with Gasteiger partial charge in [-0.1, -0.05) is 53.9 Å². The molecule has 0 bridgehead atoms. The number of likely N-dealkylation sites (tertiary alicyclic amines) is 1. The standard InChI is InChI=1S/C29H47N5O7/c1-16(2)19-12-21(26(38)32-20(23(36)25(30)37)11-17-7-6-8-17)34(14-19)27(39)24(29(3,4)5)33-28(40)31-13-22(35)41-15-18-9-10-18/h16-21,24H,6-15H2,1-5H3,(H2,30,37)(H,32,38)(H2,31,33,40). The Kier molecular flexibility index (Phi) is 10.8. The van der Waals surface area contributed by atoms with Crippen molar-refractivity contribution in [1.29, 1.82) is 0 Å². The van der Waals surface area contributed by atoms with E-state index in [0.717, 1.165) is 32.1 Å². The number of nitrogens with zero attached hydrogens (tertiary/aromatic N) is 1. The van der Waals surface area contributed by atoms with Crippen molar-refractivity contribution in [3.05, 3.63) is 0 Å². The first-order valence-corrected chi connectivity index (χ1v) is 14.8. The van der Waals surface area contributed by atoms with Gasteiger partial charge in [0.25, 0.3) is 5.91 Å². The van der Waals surface area contributed by atoms with Crippen LogP contribution < -0.4 is 21.7 Å². The minimum Gasteiger partial charge on any atom is -0.464 e. The molecule has 0 aromatic heterocycles. The number of esters is 1. The molecule has 12 heteroatoms. The Morgan fingerprint density at radius 3 is 2.15 bits per heavy atom. The molecule has 1 heterocycles. The van der Waals surface area contributed by atoms with E-state index in [2.05, 4.69) is 16.0 Å². The minimum atomic E-state index is -1.10. The monoisotopic (exact) mass is 577 g/mol. The highest BCUT2D eigenvalue weighted by Crippen LogP contribution is 2.33. The van der Waals surface area contributed by atoms with E-state index in [1.54, 1.807) is 20.8 Å². The average molecular weight is 578 g/mol. The lowest BCUT2D eigenvalue weighted by atomic mass is 9.80. The van der Waals surface area contributed by atoms with E-state index >= 15 is 0 Å². The van der Waals surface area contributed by atoms with Gasteiger partial charge in [0, 0.05) is 6.54 Å². The second kappa shape index (κ2) is 13.7. The van der Waals surface area contributed by atoms with Crippen LogP contribution >= 0.6 is 0 Å². The maximum Gasteiger partial charge on any atom is 0.325 e. The summed E-state index contributed by atoms with van der Waals surface area (Å²) in [6.07, 6.45) is 5.65. The summed E-state index contributed by atoms with van der Waals surface area (Å²) in [6.45, 7) is 9.73. The Bertz CT molecular complexity index is 1020. The van der Waals surface area contributed by atoms with Gasteiger partial charge in [0.1, 0.15) is 18.6 Å². The van der Waals surface area contributed by atoms with Gasteiger partial charge in [-0.3, -0.25) is 24.0 Å². The number of nitrogens with two attached hydrogens (primary N) is 1. The van der Waals surface area contributed by atoms with Gasteiger partial charge in [-0.2, -0.15) is 0 Å². The normalized spacial score (nSPS) is 22.3. The third kappa shape index (κ3) is 9.16. The van der Waals surface area contributed by atoms with Crippen molar-refractivity contribution >= 4 is 35.5 Å². The first kappa shape index (κ1) is 32.3. The fourth-order valence-electron chi connectivity index (χ4n) is 5.27. The minimum absolute atomic E-state index is 0.0160. The van der Waals surface area contributed by atoms with Gasteiger partial charge in [-0.15, -0.1) is 0 Å². The van der Waals surface area contributed by atoms with Gasteiger partial charge < -0.3 is 31.3 Å². The van der Waals surface area contributed by atoms with Crippen molar-refractivity contribution in [2.24, 2.45) is 34.8 Å². The van der Waals surface area contributed by atoms with Crippen LogP contribution in [0.1, 0.15) is 79.6 Å². The summed E-state index contributed by atoms with van der Waals surface area (Å²) in [7, 11) is 0. The largest absolute Gasteiger partial charge is 0.464 e. The van der Waals surface area contributed by atoms with Crippen LogP contribution in [0.4, 0.5) is 4.79 Å². The second-order valence-corrected chi connectivity index (χ2v) is 13.3. The van der Waals surface area contributed by atoms with Crippen molar-refractivity contribution < 1.29 is 33.5 Å². The van der Waals surface area contributed by atoms with Crippen LogP contribution in [0.5, 0.6) is 0 Å². The predicted molar refractivity (Wildman–Crippen MR) is 150 cm³/mol. The summed E-state index contributed by atoms with van der Waals surface area (Å²) in [5, 5.41) is 7.87. The van der Waals surface area contributed by atoms with Gasteiger partial charge in [0.2, 0.25) is 17.6 Å². The molecule has 41 heavy (non-hydrogen) atoms. The smallest absolute Gasteiger partial charge is 0.325 e. The van der Waals surface area contributed by atoms with Crippen LogP contribution in [0.2, 0.25) is 0 Å². The Balaban J connectivity index is 1.71. The van der Waals surface area contributed by atoms with E-state index in [0.29, 0.717) is 31.9 Å². The number of ether oxygens (including phenoxy) is 1. The van der Waals surface area contributed by atoms with Crippen LogP contribution in [0.25, 0.3) is 0 Å². The van der Waals surface area contributed by atoms with Gasteiger partial charge in [0.05, 0.1) is 12.6 Å². The van der Waals surface area contributed by atoms with E-state index in [1.807, 2.05) is 13.8 Å². The van der Waals surface area contributed by atoms with Crippen molar-refractivity contribution in [3.8, 4) is 0 Å². The number of Topliss-reactive ketones (excluding diaryl/α,β-unsaturated/α-hetero) is 1. The van der Waals surface area contributed by atoms with E-state index in [9.17, 15) is 28.8 Å². The summed E-state index contributed by atoms with van der Waals surface area (Å²) < 4.78 is 5.14. The number of hydrogen-bond donors (Lipinski definition) is 4. The van der Waals surface area contributed by atoms with Gasteiger partial charge in [-0.25, -0.2) is 4.79 Å². The maximum atomic E-state index is 14.0. The molecule has 5 amide bonds. The molecule has 1 aliphatic heterocycles. The molecule has 4 atom stereocenters. The molecule has 12 nitrogen and oxygen atoms in total. The third-order valence-electron chi connectivity index (χ3n) is 8.49. The number of rotatable bonds is 13. The zero-order valence-corrected chi connectivity index (χ0v) is 25.0. The number of nitrogens with one attached hydrogen (secondary N) is 3. The molecule has 0 aromatic rings. The summed E-state index contributed by atoms with van der Waals surface area (Å²) in [6, 6.07) is -3.63. The topological polar surface area (TPSA) is 177 Å². The fourth-order valence-corrected chi connectivity index (χ4v) is 5.27. The number of primary amides is 1. The molecule has 230 valence electrons. The molecule has 2 aliphatic carbocycles. The molecule has 3 rings (SSSR count). The highest BCUT2D eigenvalue weighted by atomic mass is 16.5. The molecule has 0 spiro atoms. The number of carbonyl (C=O) groups is 6. The van der Waals surface area contributed by atoms with Crippen LogP contribution in [-0.2, 0) is 28.7 Å². The Hall–Kier alpha value is -3.18. The summed E-state index contributed by atoms with van der Waals surface area (Å²) in [5.74, 6) is -2.64. The van der Waals surface area contributed by atoms with Crippen molar-refractivity contribution in [3.63, 3.8) is 0 Å². The average Bonchev–Trinajstić information content (AvgIpc) is 3.59. The quantitative estimate of drug-likeness (QED) is 0.188. The highest BCUT2D eigenvalue weighted by Gasteiger charge is 2.46. The summed E-state index contributed by atoms with van der Waals surface area (Å²) in [5.41, 5.74) is 4.54. The number of carbonyl (C=O) groups excluding carboxylic acids is 6. The van der Waals surface area contributed by atoms with Crippen molar-refractivity contribution in [2.75, 3.05) is 19.7 Å². The molecule has 3 aliphatic rings. The van der Waals surface area contributed by atoms with Crippen LogP contribution in [0.15, 0.2) is 0 Å². The zero-order chi connectivity index (χ0) is 30.5. The predicted octanol–water partition coefficient (Wildman–Crippen LogP) is 1.26. The van der Waals surface area contributed by atoms with Crippen LogP contribution in [0.3, 0.4) is 0 Å². The summed E-state index contributed by atoms with van der Waals surface area (Å²) >= 11 is 0. The first-order chi connectivity index (χ1) is 19.2. The number of ketones is 1. The number of urea groups is 1. The molecule has 0 aromatic carbocycles. The molecule has 0 radical (unpaired) electrons. The van der Waals surface area contributed by atoms with Gasteiger partial charge in [0.15, 0.2) is 0 Å². The second-order valence-electron chi connectivity index (χ2n) is 13.3. The molecule has 1 saturated heterocycles. The van der Waals surface area contributed by atoms with Gasteiger partial charge >= 0.3 is 12.0 Å². The lowest BCUT2D eigenvalue weighted by Gasteiger charge is -2.36. The third-order valence-corrected chi connectivity index (χ3v) is 8.49. The molecule has 4 unspecified atom stereocenters. The maximum absolute atomic E-state index is 14.0. The van der Waals surface area contributed by atoms with E-state index in [-0.39, 0.29) is 24.3 Å². The van der Waals surface area contributed by atoms with Crippen molar-refractivity contribution in [2.45, 2.75) is 97.7 Å². The van der Waals surface area contributed by atoms with Crippen LogP contribution in [0, 0.1) is 29.1 Å². The Morgan fingerprint density at radius 1 is 0.976 bits per heavy atom.